The number of carbonyl (C=O) groups excluding carboxylic acids is 1. The summed E-state index contributed by atoms with van der Waals surface area (Å²) in [4.78, 5) is 30.9. The van der Waals surface area contributed by atoms with Crippen LogP contribution < -0.4 is 9.80 Å². The van der Waals surface area contributed by atoms with Gasteiger partial charge in [0.05, 0.1) is 22.8 Å². The summed E-state index contributed by atoms with van der Waals surface area (Å²) in [5.41, 5.74) is 2.45. The van der Waals surface area contributed by atoms with Crippen molar-refractivity contribution >= 4 is 23.0 Å². The number of nitro benzene ring substituents is 1. The summed E-state index contributed by atoms with van der Waals surface area (Å²) in [5, 5.41) is 14.8. The molecule has 0 saturated heterocycles. The molecule has 9 heteroatoms. The number of fused-ring (bicyclic) bond motifs is 1. The van der Waals surface area contributed by atoms with Gasteiger partial charge in [0.2, 0.25) is 17.6 Å². The first kappa shape index (κ1) is 19.6. The maximum atomic E-state index is 12.2. The molecule has 0 bridgehead atoms. The van der Waals surface area contributed by atoms with Gasteiger partial charge in [-0.15, -0.1) is 0 Å². The number of anilines is 2. The molecule has 2 heterocycles. The van der Waals surface area contributed by atoms with Crippen LogP contribution in [0.1, 0.15) is 19.7 Å². The number of nitro groups is 1. The Morgan fingerprint density at radius 2 is 1.87 bits per heavy atom. The molecule has 1 atom stereocenters. The molecule has 4 rings (SSSR count). The number of rotatable bonds is 4. The molecule has 2 aromatic carbocycles. The number of non-ortho nitro benzene ring substituents is 1. The van der Waals surface area contributed by atoms with Crippen molar-refractivity contribution in [1.29, 1.82) is 0 Å². The van der Waals surface area contributed by atoms with Crippen molar-refractivity contribution in [1.82, 2.24) is 10.1 Å². The number of amides is 1. The lowest BCUT2D eigenvalue weighted by atomic mass is 10.1. The second-order valence-corrected chi connectivity index (χ2v) is 7.42. The molecule has 0 radical (unpaired) electrons. The van der Waals surface area contributed by atoms with Crippen LogP contribution >= 0.6 is 0 Å². The molecule has 1 aliphatic heterocycles. The third kappa shape index (κ3) is 3.86. The summed E-state index contributed by atoms with van der Waals surface area (Å²) in [5.74, 6) is 1.07. The van der Waals surface area contributed by atoms with Gasteiger partial charge in [-0.25, -0.2) is 0 Å². The Kier molecular flexibility index (Phi) is 5.18. The molecule has 0 unspecified atom stereocenters. The first-order chi connectivity index (χ1) is 14.4. The molecule has 0 spiro atoms. The minimum absolute atomic E-state index is 0.00709. The molecule has 0 aliphatic carbocycles. The van der Waals surface area contributed by atoms with E-state index in [9.17, 15) is 14.9 Å². The summed E-state index contributed by atoms with van der Waals surface area (Å²) in [6.45, 7) is 5.45. The predicted molar refractivity (Wildman–Crippen MR) is 111 cm³/mol. The van der Waals surface area contributed by atoms with E-state index in [0.29, 0.717) is 30.4 Å². The number of benzene rings is 2. The van der Waals surface area contributed by atoms with Crippen molar-refractivity contribution in [2.45, 2.75) is 20.4 Å². The molecule has 9 nitrogen and oxygen atoms in total. The van der Waals surface area contributed by atoms with E-state index >= 15 is 0 Å². The van der Waals surface area contributed by atoms with Crippen molar-refractivity contribution in [2.24, 2.45) is 5.92 Å². The van der Waals surface area contributed by atoms with Gasteiger partial charge in [0.1, 0.15) is 0 Å². The van der Waals surface area contributed by atoms with Crippen LogP contribution in [0, 0.1) is 16.0 Å². The van der Waals surface area contributed by atoms with Gasteiger partial charge in [-0.1, -0.05) is 24.2 Å². The monoisotopic (exact) mass is 407 g/mol. The Bertz CT molecular complexity index is 1080. The third-order valence-electron chi connectivity index (χ3n) is 5.05. The zero-order valence-corrected chi connectivity index (χ0v) is 16.7. The Hall–Kier alpha value is -3.75. The quantitative estimate of drug-likeness (QED) is 0.480. The van der Waals surface area contributed by atoms with Crippen LogP contribution in [-0.4, -0.2) is 34.1 Å². The molecule has 154 valence electrons. The number of hydrogen-bond acceptors (Lipinski definition) is 7. The van der Waals surface area contributed by atoms with E-state index in [1.54, 1.807) is 24.0 Å². The number of nitrogens with zero attached hydrogens (tertiary/aromatic N) is 5. The van der Waals surface area contributed by atoms with E-state index in [4.69, 9.17) is 4.52 Å². The molecule has 0 fully saturated rings. The van der Waals surface area contributed by atoms with Crippen molar-refractivity contribution in [3.05, 3.63) is 64.5 Å². The number of para-hydroxylation sites is 2. The minimum atomic E-state index is -0.451. The topological polar surface area (TPSA) is 106 Å². The Morgan fingerprint density at radius 3 is 2.53 bits per heavy atom. The number of aromatic nitrogens is 2. The van der Waals surface area contributed by atoms with Gasteiger partial charge in [-0.3, -0.25) is 14.9 Å². The first-order valence-electron chi connectivity index (χ1n) is 9.62. The summed E-state index contributed by atoms with van der Waals surface area (Å²) in [6, 6.07) is 13.8. The number of carbonyl (C=O) groups is 1. The Morgan fingerprint density at radius 1 is 1.17 bits per heavy atom. The molecule has 1 aliphatic rings. The van der Waals surface area contributed by atoms with Crippen LogP contribution in [0.15, 0.2) is 53.1 Å². The largest absolute Gasteiger partial charge is 0.360 e. The minimum Gasteiger partial charge on any atom is -0.360 e. The van der Waals surface area contributed by atoms with Crippen LogP contribution in [0.3, 0.4) is 0 Å². The fraction of sp³-hybridized carbons (Fsp3) is 0.286. The molecule has 1 aromatic heterocycles. The fourth-order valence-corrected chi connectivity index (χ4v) is 3.68. The van der Waals surface area contributed by atoms with Crippen LogP contribution in [0.25, 0.3) is 11.4 Å². The Balaban J connectivity index is 1.60. The SMILES string of the molecule is CC(=O)N1C[C@H](C)CN(Cc2nc(-c3ccc([N+](=O)[O-])cc3)no2)c2ccccc21. The molecule has 3 aromatic rings. The van der Waals surface area contributed by atoms with E-state index in [1.807, 2.05) is 24.3 Å². The molecular weight excluding hydrogens is 386 g/mol. The molecule has 1 amide bonds. The van der Waals surface area contributed by atoms with E-state index in [2.05, 4.69) is 22.0 Å². The number of hydrogen-bond donors (Lipinski definition) is 0. The molecule has 0 N–H and O–H groups in total. The normalized spacial score (nSPS) is 16.1. The molecule has 0 saturated carbocycles. The van der Waals surface area contributed by atoms with Gasteiger partial charge >= 0.3 is 0 Å². The summed E-state index contributed by atoms with van der Waals surface area (Å²) < 4.78 is 5.45. The average molecular weight is 407 g/mol. The molecular formula is C21H21N5O4. The summed E-state index contributed by atoms with van der Waals surface area (Å²) >= 11 is 0. The van der Waals surface area contributed by atoms with Gasteiger partial charge in [0.25, 0.3) is 5.69 Å². The Labute approximate surface area is 173 Å². The van der Waals surface area contributed by atoms with Gasteiger partial charge < -0.3 is 14.3 Å². The van der Waals surface area contributed by atoms with Crippen molar-refractivity contribution < 1.29 is 14.2 Å². The van der Waals surface area contributed by atoms with E-state index < -0.39 is 4.92 Å². The maximum absolute atomic E-state index is 12.2. The lowest BCUT2D eigenvalue weighted by molar-refractivity contribution is -0.384. The van der Waals surface area contributed by atoms with Gasteiger partial charge in [-0.05, 0) is 30.2 Å². The highest BCUT2D eigenvalue weighted by atomic mass is 16.6. The van der Waals surface area contributed by atoms with Crippen molar-refractivity contribution in [3.63, 3.8) is 0 Å². The standard InChI is InChI=1S/C21H21N5O4/c1-14-11-24(18-5-3-4-6-19(18)25(12-14)15(2)27)13-20-22-21(23-30-20)16-7-9-17(10-8-16)26(28)29/h3-10,14H,11-13H2,1-2H3/t14-/m1/s1. The van der Waals surface area contributed by atoms with Crippen molar-refractivity contribution in [3.8, 4) is 11.4 Å². The summed E-state index contributed by atoms with van der Waals surface area (Å²) in [7, 11) is 0. The van der Waals surface area contributed by atoms with E-state index in [0.717, 1.165) is 17.9 Å². The highest BCUT2D eigenvalue weighted by Gasteiger charge is 2.27. The second-order valence-electron chi connectivity index (χ2n) is 7.42. The smallest absolute Gasteiger partial charge is 0.269 e. The highest BCUT2D eigenvalue weighted by Crippen LogP contribution is 2.34. The highest BCUT2D eigenvalue weighted by molar-refractivity contribution is 5.95. The van der Waals surface area contributed by atoms with Gasteiger partial charge in [-0.2, -0.15) is 4.98 Å². The average Bonchev–Trinajstić information content (AvgIpc) is 3.14. The van der Waals surface area contributed by atoms with E-state index in [1.165, 1.54) is 12.1 Å². The fourth-order valence-electron chi connectivity index (χ4n) is 3.68. The lowest BCUT2D eigenvalue weighted by Crippen LogP contribution is -2.33. The lowest BCUT2D eigenvalue weighted by Gasteiger charge is -2.25. The van der Waals surface area contributed by atoms with Crippen LogP contribution in [0.2, 0.25) is 0 Å². The zero-order valence-electron chi connectivity index (χ0n) is 16.7. The molecule has 30 heavy (non-hydrogen) atoms. The van der Waals surface area contributed by atoms with Gasteiger partial charge in [0, 0.05) is 37.7 Å². The van der Waals surface area contributed by atoms with Crippen LogP contribution in [0.4, 0.5) is 17.1 Å². The first-order valence-corrected chi connectivity index (χ1v) is 9.62. The van der Waals surface area contributed by atoms with Gasteiger partial charge in [0.15, 0.2) is 0 Å². The van der Waals surface area contributed by atoms with Crippen LogP contribution in [0.5, 0.6) is 0 Å². The van der Waals surface area contributed by atoms with Crippen molar-refractivity contribution in [2.75, 3.05) is 22.9 Å². The van der Waals surface area contributed by atoms with Crippen LogP contribution in [-0.2, 0) is 11.3 Å². The maximum Gasteiger partial charge on any atom is 0.269 e. The second kappa shape index (κ2) is 7.94. The van der Waals surface area contributed by atoms with E-state index in [-0.39, 0.29) is 17.5 Å². The summed E-state index contributed by atoms with van der Waals surface area (Å²) in [6.07, 6.45) is 0. The predicted octanol–water partition coefficient (Wildman–Crippen LogP) is 3.65. The third-order valence-corrected chi connectivity index (χ3v) is 5.05. The zero-order chi connectivity index (χ0) is 21.3.